The molecule has 0 saturated carbocycles. The van der Waals surface area contributed by atoms with Crippen molar-refractivity contribution in [3.63, 3.8) is 0 Å². The highest BCUT2D eigenvalue weighted by molar-refractivity contribution is 7.71. The number of aliphatic hydroxyl groups is 2. The smallest absolute Gasteiger partial charge is 0.251 e. The summed E-state index contributed by atoms with van der Waals surface area (Å²) >= 11 is 4.87. The van der Waals surface area contributed by atoms with Crippen LogP contribution in [-0.2, 0) is 4.74 Å². The van der Waals surface area contributed by atoms with Crippen molar-refractivity contribution < 1.29 is 19.3 Å². The van der Waals surface area contributed by atoms with Crippen LogP contribution in [0.15, 0.2) is 17.1 Å². The number of aromatic nitrogens is 2. The molecule has 8 heteroatoms. The van der Waals surface area contributed by atoms with Gasteiger partial charge >= 0.3 is 0 Å². The van der Waals surface area contributed by atoms with E-state index < -0.39 is 36.8 Å². The second-order valence-corrected chi connectivity index (χ2v) is 4.09. The van der Waals surface area contributed by atoms with Crippen LogP contribution in [0.2, 0.25) is 0 Å². The maximum absolute atomic E-state index is 13.5. The van der Waals surface area contributed by atoms with E-state index in [4.69, 9.17) is 22.1 Å². The Labute approximate surface area is 100 Å². The van der Waals surface area contributed by atoms with E-state index in [0.29, 0.717) is 0 Å². The molecule has 1 aliphatic heterocycles. The van der Waals surface area contributed by atoms with Crippen molar-refractivity contribution in [3.8, 4) is 0 Å². The van der Waals surface area contributed by atoms with Gasteiger partial charge in [0.2, 0.25) is 0 Å². The summed E-state index contributed by atoms with van der Waals surface area (Å²) in [7, 11) is 0. The van der Waals surface area contributed by atoms with E-state index in [1.165, 1.54) is 16.8 Å². The molecule has 0 radical (unpaired) electrons. The van der Waals surface area contributed by atoms with Gasteiger partial charge in [0.05, 0.1) is 6.61 Å². The molecule has 0 bridgehead atoms. The zero-order chi connectivity index (χ0) is 12.6. The Hall–Kier alpha value is -1.09. The Morgan fingerprint density at radius 3 is 2.88 bits per heavy atom. The molecule has 6 nitrogen and oxygen atoms in total. The summed E-state index contributed by atoms with van der Waals surface area (Å²) in [6.07, 6.45) is -3.97. The number of halogens is 1. The third kappa shape index (κ3) is 2.16. The molecule has 0 amide bonds. The Morgan fingerprint density at radius 2 is 2.35 bits per heavy atom. The fourth-order valence-corrected chi connectivity index (χ4v) is 1.98. The number of ether oxygens (including phenoxy) is 1. The lowest BCUT2D eigenvalue weighted by atomic mass is 10.1. The van der Waals surface area contributed by atoms with E-state index in [2.05, 4.69) is 4.98 Å². The quantitative estimate of drug-likeness (QED) is 0.625. The zero-order valence-electron chi connectivity index (χ0n) is 8.62. The van der Waals surface area contributed by atoms with Gasteiger partial charge in [0.15, 0.2) is 17.2 Å². The van der Waals surface area contributed by atoms with Crippen LogP contribution in [0.3, 0.4) is 0 Å². The van der Waals surface area contributed by atoms with Gasteiger partial charge in [-0.2, -0.15) is 0 Å². The highest BCUT2D eigenvalue weighted by Crippen LogP contribution is 2.30. The van der Waals surface area contributed by atoms with Crippen molar-refractivity contribution in [2.24, 2.45) is 0 Å². The van der Waals surface area contributed by atoms with Gasteiger partial charge in [0.25, 0.3) is 5.56 Å². The van der Waals surface area contributed by atoms with Crippen molar-refractivity contribution in [2.45, 2.75) is 24.6 Å². The molecule has 2 heterocycles. The molecule has 1 aromatic heterocycles. The van der Waals surface area contributed by atoms with Crippen molar-refractivity contribution >= 4 is 12.2 Å². The van der Waals surface area contributed by atoms with Crippen molar-refractivity contribution in [1.29, 1.82) is 0 Å². The third-order valence-electron chi connectivity index (χ3n) is 2.59. The van der Waals surface area contributed by atoms with Gasteiger partial charge in [-0.15, -0.1) is 0 Å². The zero-order valence-corrected chi connectivity index (χ0v) is 9.43. The Balaban J connectivity index is 2.35. The Morgan fingerprint density at radius 1 is 1.65 bits per heavy atom. The molecular formula is C9H11FN2O4S. The summed E-state index contributed by atoms with van der Waals surface area (Å²) in [6.45, 7) is -0.536. The average Bonchev–Trinajstić information content (AvgIpc) is 2.57. The van der Waals surface area contributed by atoms with E-state index in [1.54, 1.807) is 0 Å². The summed E-state index contributed by atoms with van der Waals surface area (Å²) < 4.78 is 19.9. The van der Waals surface area contributed by atoms with Crippen LogP contribution < -0.4 is 5.56 Å². The number of nitrogens with one attached hydrogen (secondary N) is 1. The van der Waals surface area contributed by atoms with E-state index in [1.807, 2.05) is 0 Å². The van der Waals surface area contributed by atoms with Crippen molar-refractivity contribution in [3.05, 3.63) is 27.4 Å². The van der Waals surface area contributed by atoms with Crippen molar-refractivity contribution in [1.82, 2.24) is 9.55 Å². The number of alkyl halides is 1. The summed E-state index contributed by atoms with van der Waals surface area (Å²) in [6, 6.07) is 1.19. The van der Waals surface area contributed by atoms with Gasteiger partial charge in [-0.1, -0.05) is 0 Å². The average molecular weight is 262 g/mol. The van der Waals surface area contributed by atoms with E-state index in [9.17, 15) is 14.3 Å². The van der Waals surface area contributed by atoms with Gasteiger partial charge in [0.1, 0.15) is 12.2 Å². The van der Waals surface area contributed by atoms with Crippen LogP contribution in [0.1, 0.15) is 6.23 Å². The molecule has 0 aromatic carbocycles. The summed E-state index contributed by atoms with van der Waals surface area (Å²) in [5.74, 6) is 0. The highest BCUT2D eigenvalue weighted by atomic mass is 32.1. The predicted octanol–water partition coefficient (Wildman–Crippen LogP) is -0.505. The monoisotopic (exact) mass is 262 g/mol. The maximum Gasteiger partial charge on any atom is 0.251 e. The first-order chi connectivity index (χ1) is 8.04. The van der Waals surface area contributed by atoms with Crippen molar-refractivity contribution in [2.75, 3.05) is 6.61 Å². The maximum atomic E-state index is 13.5. The largest absolute Gasteiger partial charge is 0.394 e. The predicted molar refractivity (Wildman–Crippen MR) is 57.8 cm³/mol. The molecule has 4 atom stereocenters. The molecule has 1 aliphatic rings. The highest BCUT2D eigenvalue weighted by Gasteiger charge is 2.44. The van der Waals surface area contributed by atoms with E-state index in [0.717, 1.165) is 0 Å². The third-order valence-corrected chi connectivity index (χ3v) is 2.91. The van der Waals surface area contributed by atoms with E-state index in [-0.39, 0.29) is 4.77 Å². The lowest BCUT2D eigenvalue weighted by molar-refractivity contribution is -0.0528. The number of aromatic amines is 1. The Kier molecular flexibility index (Phi) is 3.38. The molecule has 94 valence electrons. The van der Waals surface area contributed by atoms with Crippen LogP contribution in [0.25, 0.3) is 0 Å². The summed E-state index contributed by atoms with van der Waals surface area (Å²) in [5.41, 5.74) is -0.394. The second kappa shape index (κ2) is 4.65. The number of hydrogen-bond donors (Lipinski definition) is 3. The summed E-state index contributed by atoms with van der Waals surface area (Å²) in [4.78, 5) is 13.3. The lowest BCUT2D eigenvalue weighted by Crippen LogP contribution is -2.30. The number of hydrogen-bond acceptors (Lipinski definition) is 5. The summed E-state index contributed by atoms with van der Waals surface area (Å²) in [5, 5.41) is 18.5. The minimum atomic E-state index is -1.70. The molecule has 2 rings (SSSR count). The molecule has 0 unspecified atom stereocenters. The van der Waals surface area contributed by atoms with E-state index >= 15 is 0 Å². The Bertz CT molecular complexity index is 516. The molecule has 1 fully saturated rings. The molecule has 0 aliphatic carbocycles. The standard InChI is InChI=1S/C9H11FN2O4S/c10-6-4(3-13)16-8(7(6)15)12-2-1-5(14)11-9(12)17/h1-2,4,6-8,13,15H,3H2,(H,11,14,17)/t4-,6+,7+,8-/m1/s1. The van der Waals surface area contributed by atoms with Gasteiger partial charge in [0, 0.05) is 12.3 Å². The van der Waals surface area contributed by atoms with Gasteiger partial charge in [-0.25, -0.2) is 4.39 Å². The minimum absolute atomic E-state index is 0.0207. The second-order valence-electron chi connectivity index (χ2n) is 3.70. The van der Waals surface area contributed by atoms with Crippen LogP contribution in [-0.4, -0.2) is 44.8 Å². The normalized spacial score (nSPS) is 32.9. The molecule has 1 aromatic rings. The van der Waals surface area contributed by atoms with Crippen LogP contribution in [0, 0.1) is 4.77 Å². The first-order valence-corrected chi connectivity index (χ1v) is 5.35. The lowest BCUT2D eigenvalue weighted by Gasteiger charge is -2.17. The molecule has 1 saturated heterocycles. The van der Waals surface area contributed by atoms with Crippen LogP contribution in [0.4, 0.5) is 4.39 Å². The SMILES string of the molecule is O=c1ccn([C@@H]2O[C@H](CO)[C@H](F)[C@@H]2O)c(=S)[nH]1. The fraction of sp³-hybridized carbons (Fsp3) is 0.556. The van der Waals surface area contributed by atoms with Gasteiger partial charge in [-0.3, -0.25) is 14.3 Å². The first-order valence-electron chi connectivity index (χ1n) is 4.94. The van der Waals surface area contributed by atoms with Gasteiger partial charge < -0.3 is 14.9 Å². The van der Waals surface area contributed by atoms with Crippen LogP contribution >= 0.6 is 12.2 Å². The molecule has 3 N–H and O–H groups in total. The number of nitrogens with zero attached hydrogens (tertiary/aromatic N) is 1. The topological polar surface area (TPSA) is 87.5 Å². The van der Waals surface area contributed by atoms with Crippen LogP contribution in [0.5, 0.6) is 0 Å². The van der Waals surface area contributed by atoms with Gasteiger partial charge in [-0.05, 0) is 12.2 Å². The number of H-pyrrole nitrogens is 1. The first kappa shape index (κ1) is 12.4. The fourth-order valence-electron chi connectivity index (χ4n) is 1.71. The molecule has 17 heavy (non-hydrogen) atoms. The molecule has 0 spiro atoms. The minimum Gasteiger partial charge on any atom is -0.394 e. The number of aliphatic hydroxyl groups excluding tert-OH is 2. The number of rotatable bonds is 2. The molecular weight excluding hydrogens is 251 g/mol.